The number of carbonyl (C=O) groups is 2. The van der Waals surface area contributed by atoms with Gasteiger partial charge in [0.15, 0.2) is 5.43 Å². The third-order valence-electron chi connectivity index (χ3n) is 4.31. The van der Waals surface area contributed by atoms with Crippen molar-refractivity contribution in [2.75, 3.05) is 13.1 Å². The highest BCUT2D eigenvalue weighted by atomic mass is 32.1. The SMILES string of the molecule is CC(NC(=O)Cn1ccc(=O)c2sccc21)C(=O)N1CCCCC1. The van der Waals surface area contributed by atoms with Gasteiger partial charge in [-0.2, -0.15) is 0 Å². The Morgan fingerprint density at radius 3 is 2.75 bits per heavy atom. The van der Waals surface area contributed by atoms with Crippen molar-refractivity contribution in [3.05, 3.63) is 33.9 Å². The molecule has 0 saturated carbocycles. The fraction of sp³-hybridized carbons (Fsp3) is 0.471. The van der Waals surface area contributed by atoms with E-state index in [2.05, 4.69) is 5.32 Å². The third kappa shape index (κ3) is 3.51. The second-order valence-electron chi connectivity index (χ2n) is 6.12. The minimum atomic E-state index is -0.534. The summed E-state index contributed by atoms with van der Waals surface area (Å²) in [5.74, 6) is -0.257. The number of amides is 2. The molecular weight excluding hydrogens is 326 g/mol. The molecule has 0 radical (unpaired) electrons. The molecule has 1 aliphatic rings. The number of piperidine rings is 1. The van der Waals surface area contributed by atoms with E-state index in [9.17, 15) is 14.4 Å². The average molecular weight is 347 g/mol. The maximum atomic E-state index is 12.4. The van der Waals surface area contributed by atoms with Crippen molar-refractivity contribution in [3.8, 4) is 0 Å². The first kappa shape index (κ1) is 16.7. The van der Waals surface area contributed by atoms with Gasteiger partial charge in [-0.05, 0) is 37.6 Å². The Kier molecular flexibility index (Phi) is 4.99. The normalized spacial score (nSPS) is 16.1. The van der Waals surface area contributed by atoms with Crippen molar-refractivity contribution in [1.82, 2.24) is 14.8 Å². The number of fused-ring (bicyclic) bond motifs is 1. The van der Waals surface area contributed by atoms with Gasteiger partial charge in [0, 0.05) is 25.4 Å². The summed E-state index contributed by atoms with van der Waals surface area (Å²) in [5, 5.41) is 4.61. The fourth-order valence-electron chi connectivity index (χ4n) is 3.06. The molecular formula is C17H21N3O3S. The Labute approximate surface area is 144 Å². The molecule has 0 aromatic carbocycles. The summed E-state index contributed by atoms with van der Waals surface area (Å²) in [6, 6.07) is 2.76. The zero-order valence-electron chi connectivity index (χ0n) is 13.7. The van der Waals surface area contributed by atoms with Crippen molar-refractivity contribution in [3.63, 3.8) is 0 Å². The van der Waals surface area contributed by atoms with Crippen LogP contribution in [-0.4, -0.2) is 40.4 Å². The molecule has 0 aliphatic carbocycles. The number of thiophene rings is 1. The average Bonchev–Trinajstić information content (AvgIpc) is 3.08. The molecule has 6 nitrogen and oxygen atoms in total. The first-order valence-electron chi connectivity index (χ1n) is 8.21. The number of hydrogen-bond acceptors (Lipinski definition) is 4. The molecule has 1 fully saturated rings. The van der Waals surface area contributed by atoms with Gasteiger partial charge in [0.2, 0.25) is 11.8 Å². The van der Waals surface area contributed by atoms with Gasteiger partial charge in [0.25, 0.3) is 0 Å². The van der Waals surface area contributed by atoms with Crippen LogP contribution in [0.15, 0.2) is 28.5 Å². The third-order valence-corrected chi connectivity index (χ3v) is 5.23. The van der Waals surface area contributed by atoms with Gasteiger partial charge >= 0.3 is 0 Å². The van der Waals surface area contributed by atoms with Crippen molar-refractivity contribution >= 4 is 33.4 Å². The van der Waals surface area contributed by atoms with Gasteiger partial charge in [-0.25, -0.2) is 0 Å². The minimum absolute atomic E-state index is 0.0244. The van der Waals surface area contributed by atoms with Crippen LogP contribution >= 0.6 is 11.3 Å². The van der Waals surface area contributed by atoms with Gasteiger partial charge in [0.05, 0.1) is 10.2 Å². The smallest absolute Gasteiger partial charge is 0.244 e. The molecule has 3 rings (SSSR count). The van der Waals surface area contributed by atoms with E-state index >= 15 is 0 Å². The maximum absolute atomic E-state index is 12.4. The number of likely N-dealkylation sites (tertiary alicyclic amines) is 1. The fourth-order valence-corrected chi connectivity index (χ4v) is 3.88. The Hall–Kier alpha value is -2.15. The summed E-state index contributed by atoms with van der Waals surface area (Å²) in [5.41, 5.74) is 0.711. The lowest BCUT2D eigenvalue weighted by Crippen LogP contribution is -2.49. The molecule has 128 valence electrons. The molecule has 1 atom stereocenters. The van der Waals surface area contributed by atoms with Gasteiger partial charge in [-0.1, -0.05) is 0 Å². The van der Waals surface area contributed by atoms with Crippen molar-refractivity contribution < 1.29 is 9.59 Å². The molecule has 1 N–H and O–H groups in total. The Bertz CT molecular complexity index is 805. The van der Waals surface area contributed by atoms with Crippen molar-refractivity contribution in [2.45, 2.75) is 38.8 Å². The first-order valence-corrected chi connectivity index (χ1v) is 9.09. The quantitative estimate of drug-likeness (QED) is 0.913. The molecule has 2 amide bonds. The second-order valence-corrected chi connectivity index (χ2v) is 7.03. The van der Waals surface area contributed by atoms with E-state index < -0.39 is 6.04 Å². The molecule has 2 aromatic rings. The van der Waals surface area contributed by atoms with Crippen LogP contribution in [0.4, 0.5) is 0 Å². The van der Waals surface area contributed by atoms with Crippen LogP contribution in [0.1, 0.15) is 26.2 Å². The largest absolute Gasteiger partial charge is 0.343 e. The predicted octanol–water partition coefficient (Wildman–Crippen LogP) is 1.58. The van der Waals surface area contributed by atoms with E-state index in [1.165, 1.54) is 17.4 Å². The van der Waals surface area contributed by atoms with E-state index in [4.69, 9.17) is 0 Å². The number of nitrogens with one attached hydrogen (secondary N) is 1. The van der Waals surface area contributed by atoms with Crippen LogP contribution in [0.25, 0.3) is 10.2 Å². The molecule has 3 heterocycles. The number of hydrogen-bond donors (Lipinski definition) is 1. The van der Waals surface area contributed by atoms with Gasteiger partial charge in [-0.15, -0.1) is 11.3 Å². The monoisotopic (exact) mass is 347 g/mol. The number of nitrogens with zero attached hydrogens (tertiary/aromatic N) is 2. The molecule has 7 heteroatoms. The van der Waals surface area contributed by atoms with Crippen LogP contribution in [-0.2, 0) is 16.1 Å². The van der Waals surface area contributed by atoms with Crippen LogP contribution < -0.4 is 10.7 Å². The van der Waals surface area contributed by atoms with E-state index in [0.717, 1.165) is 37.9 Å². The van der Waals surface area contributed by atoms with Gasteiger partial charge in [0.1, 0.15) is 12.6 Å². The van der Waals surface area contributed by atoms with Crippen LogP contribution in [0.2, 0.25) is 0 Å². The lowest BCUT2D eigenvalue weighted by atomic mass is 10.1. The summed E-state index contributed by atoms with van der Waals surface area (Å²) in [7, 11) is 0. The maximum Gasteiger partial charge on any atom is 0.244 e. The zero-order chi connectivity index (χ0) is 17.1. The molecule has 24 heavy (non-hydrogen) atoms. The van der Waals surface area contributed by atoms with Crippen LogP contribution in [0.5, 0.6) is 0 Å². The summed E-state index contributed by atoms with van der Waals surface area (Å²) in [6.07, 6.45) is 4.83. The second kappa shape index (κ2) is 7.17. The van der Waals surface area contributed by atoms with E-state index in [-0.39, 0.29) is 23.8 Å². The molecule has 0 bridgehead atoms. The molecule has 1 saturated heterocycles. The molecule has 1 aliphatic heterocycles. The van der Waals surface area contributed by atoms with Crippen molar-refractivity contribution in [2.24, 2.45) is 0 Å². The van der Waals surface area contributed by atoms with E-state index in [1.54, 1.807) is 17.7 Å². The summed E-state index contributed by atoms with van der Waals surface area (Å²) >= 11 is 1.37. The number of aromatic nitrogens is 1. The zero-order valence-corrected chi connectivity index (χ0v) is 14.5. The summed E-state index contributed by atoms with van der Waals surface area (Å²) < 4.78 is 2.38. The lowest BCUT2D eigenvalue weighted by molar-refractivity contribution is -0.136. The highest BCUT2D eigenvalue weighted by Crippen LogP contribution is 2.16. The van der Waals surface area contributed by atoms with Crippen LogP contribution in [0, 0.1) is 0 Å². The topological polar surface area (TPSA) is 71.4 Å². The van der Waals surface area contributed by atoms with Crippen LogP contribution in [0.3, 0.4) is 0 Å². The summed E-state index contributed by atoms with van der Waals surface area (Å²) in [4.78, 5) is 38.2. The first-order chi connectivity index (χ1) is 11.6. The minimum Gasteiger partial charge on any atom is -0.343 e. The Morgan fingerprint density at radius 2 is 2.00 bits per heavy atom. The predicted molar refractivity (Wildman–Crippen MR) is 94.1 cm³/mol. The molecule has 1 unspecified atom stereocenters. The number of pyridine rings is 1. The standard InChI is InChI=1S/C17H21N3O3S/c1-12(17(23)19-7-3-2-4-8-19)18-15(22)11-20-9-5-14(21)16-13(20)6-10-24-16/h5-6,9-10,12H,2-4,7-8,11H2,1H3,(H,18,22). The van der Waals surface area contributed by atoms with Gasteiger partial charge in [-0.3, -0.25) is 14.4 Å². The number of carbonyl (C=O) groups excluding carboxylic acids is 2. The molecule has 2 aromatic heterocycles. The highest BCUT2D eigenvalue weighted by Gasteiger charge is 2.23. The highest BCUT2D eigenvalue weighted by molar-refractivity contribution is 7.17. The summed E-state index contributed by atoms with van der Waals surface area (Å²) in [6.45, 7) is 3.36. The number of rotatable bonds is 4. The Morgan fingerprint density at radius 1 is 1.25 bits per heavy atom. The van der Waals surface area contributed by atoms with E-state index in [0.29, 0.717) is 4.70 Å². The molecule has 0 spiro atoms. The lowest BCUT2D eigenvalue weighted by Gasteiger charge is -2.29. The van der Waals surface area contributed by atoms with Crippen molar-refractivity contribution in [1.29, 1.82) is 0 Å². The van der Waals surface area contributed by atoms with Gasteiger partial charge < -0.3 is 14.8 Å². The van der Waals surface area contributed by atoms with E-state index in [1.807, 2.05) is 16.3 Å². The Balaban J connectivity index is 1.64.